The number of pyridine rings is 1. The molecule has 2 aromatic rings. The van der Waals surface area contributed by atoms with Crippen LogP contribution in [-0.2, 0) is 9.53 Å². The fraction of sp³-hybridized carbons (Fsp3) is 0.417. The Bertz CT molecular complexity index is 834. The molecule has 1 aromatic carbocycles. The number of aromatic nitrogens is 1. The Labute approximate surface area is 180 Å². The molecule has 0 bridgehead atoms. The predicted octanol–water partition coefficient (Wildman–Crippen LogP) is 4.27. The largest absolute Gasteiger partial charge is 0.496 e. The number of nitrogens with two attached hydrogens (primary N) is 1. The van der Waals surface area contributed by atoms with Gasteiger partial charge in [-0.2, -0.15) is 0 Å². The van der Waals surface area contributed by atoms with Gasteiger partial charge in [0.15, 0.2) is 0 Å². The Kier molecular flexibility index (Phi) is 10.8. The number of hydrazine groups is 1. The van der Waals surface area contributed by atoms with E-state index >= 15 is 0 Å². The summed E-state index contributed by atoms with van der Waals surface area (Å²) in [4.78, 5) is 16.3. The third-order valence-corrected chi connectivity index (χ3v) is 4.78. The Morgan fingerprint density at radius 2 is 1.77 bits per heavy atom. The zero-order valence-corrected chi connectivity index (χ0v) is 19.2. The summed E-state index contributed by atoms with van der Waals surface area (Å²) >= 11 is 0. The highest BCUT2D eigenvalue weighted by molar-refractivity contribution is 5.82. The van der Waals surface area contributed by atoms with Crippen LogP contribution in [0, 0.1) is 13.8 Å². The lowest BCUT2D eigenvalue weighted by molar-refractivity contribution is -0.111. The Balaban J connectivity index is 0.000000673. The van der Waals surface area contributed by atoms with Crippen molar-refractivity contribution < 1.29 is 14.3 Å². The number of benzene rings is 1. The molecule has 6 nitrogen and oxygen atoms in total. The van der Waals surface area contributed by atoms with Gasteiger partial charge in [0.2, 0.25) is 0 Å². The molecule has 0 saturated heterocycles. The number of rotatable bonds is 5. The molecule has 2 heterocycles. The molecule has 0 radical (unpaired) electrons. The molecular formula is C24H35N3O3. The van der Waals surface area contributed by atoms with Gasteiger partial charge in [0.1, 0.15) is 18.1 Å². The lowest BCUT2D eigenvalue weighted by atomic mass is 9.85. The number of ether oxygens (including phenoxy) is 2. The van der Waals surface area contributed by atoms with Crippen LogP contribution in [0.15, 0.2) is 42.6 Å². The van der Waals surface area contributed by atoms with E-state index in [2.05, 4.69) is 9.72 Å². The van der Waals surface area contributed by atoms with Gasteiger partial charge >= 0.3 is 0 Å². The third kappa shape index (κ3) is 5.90. The fourth-order valence-electron chi connectivity index (χ4n) is 3.29. The van der Waals surface area contributed by atoms with E-state index in [9.17, 15) is 4.79 Å². The smallest absolute Gasteiger partial charge is 0.145 e. The minimum Gasteiger partial charge on any atom is -0.496 e. The Morgan fingerprint density at radius 3 is 2.30 bits per heavy atom. The van der Waals surface area contributed by atoms with Crippen molar-refractivity contribution in [3.05, 3.63) is 65.1 Å². The summed E-state index contributed by atoms with van der Waals surface area (Å²) in [7, 11) is 3.33. The molecule has 1 aromatic heterocycles. The van der Waals surface area contributed by atoms with Crippen molar-refractivity contribution in [1.29, 1.82) is 0 Å². The van der Waals surface area contributed by atoms with Gasteiger partial charge in [0.05, 0.1) is 18.7 Å². The minimum absolute atomic E-state index is 0.210. The number of hydrogen-bond acceptors (Lipinski definition) is 6. The van der Waals surface area contributed by atoms with Crippen LogP contribution in [0.4, 0.5) is 0 Å². The zero-order valence-electron chi connectivity index (χ0n) is 19.2. The first-order valence-electron chi connectivity index (χ1n) is 10.2. The number of carbonyl (C=O) groups is 1. The molecule has 0 aliphatic carbocycles. The van der Waals surface area contributed by atoms with E-state index in [-0.39, 0.29) is 5.92 Å². The molecule has 2 atom stereocenters. The number of hydrogen-bond donors (Lipinski definition) is 1. The molecule has 0 spiro atoms. The molecule has 164 valence electrons. The second kappa shape index (κ2) is 12.8. The van der Waals surface area contributed by atoms with Gasteiger partial charge in [-0.05, 0) is 55.7 Å². The van der Waals surface area contributed by atoms with Gasteiger partial charge in [-0.3, -0.25) is 4.98 Å². The Morgan fingerprint density at radius 1 is 1.13 bits per heavy atom. The standard InChI is InChI=1S/C19H21N3O2.C3H8O.C2H6/c1-12-6-4-8-16(21-12)19-15(10-22(20)17(19)11-23)14-7-5-9-18(24-3)13(14)2;1-3-4-2;1-2/h4-11,17,19H,20H2,1-3H3;3H2,1-2H3;1-2H3. The second-order valence-electron chi connectivity index (χ2n) is 6.55. The van der Waals surface area contributed by atoms with Crippen molar-refractivity contribution in [3.63, 3.8) is 0 Å². The van der Waals surface area contributed by atoms with Crippen LogP contribution in [0.3, 0.4) is 0 Å². The molecule has 0 fully saturated rings. The van der Waals surface area contributed by atoms with E-state index in [1.54, 1.807) is 14.2 Å². The normalized spacial score (nSPS) is 17.2. The number of methoxy groups -OCH3 is 2. The van der Waals surface area contributed by atoms with Crippen LogP contribution < -0.4 is 10.6 Å². The first kappa shape index (κ1) is 25.3. The SMILES string of the molecule is CC.CCOC.COc1cccc(C2=CN(N)C(C=O)C2c2cccc(C)n2)c1C. The summed E-state index contributed by atoms with van der Waals surface area (Å²) in [6, 6.07) is 11.2. The average molecular weight is 414 g/mol. The zero-order chi connectivity index (χ0) is 22.7. The van der Waals surface area contributed by atoms with Gasteiger partial charge in [-0.25, -0.2) is 5.84 Å². The van der Waals surface area contributed by atoms with Gasteiger partial charge in [-0.15, -0.1) is 0 Å². The van der Waals surface area contributed by atoms with Crippen molar-refractivity contribution in [2.45, 2.75) is 46.6 Å². The maximum Gasteiger partial charge on any atom is 0.145 e. The quantitative estimate of drug-likeness (QED) is 0.583. The summed E-state index contributed by atoms with van der Waals surface area (Å²) < 4.78 is 9.97. The van der Waals surface area contributed by atoms with E-state index in [4.69, 9.17) is 10.6 Å². The monoisotopic (exact) mass is 413 g/mol. The van der Waals surface area contributed by atoms with Crippen LogP contribution in [0.1, 0.15) is 49.2 Å². The molecule has 0 saturated carbocycles. The number of nitrogens with zero attached hydrogens (tertiary/aromatic N) is 2. The van der Waals surface area contributed by atoms with Crippen LogP contribution in [-0.4, -0.2) is 43.1 Å². The molecule has 2 N–H and O–H groups in total. The summed E-state index contributed by atoms with van der Waals surface area (Å²) in [5.74, 6) is 6.67. The molecule has 1 aliphatic rings. The minimum atomic E-state index is -0.472. The van der Waals surface area contributed by atoms with Crippen LogP contribution in [0.2, 0.25) is 0 Å². The highest BCUT2D eigenvalue weighted by Gasteiger charge is 2.37. The summed E-state index contributed by atoms with van der Waals surface area (Å²) in [6.07, 6.45) is 2.71. The summed E-state index contributed by atoms with van der Waals surface area (Å²) in [5.41, 5.74) is 4.76. The first-order chi connectivity index (χ1) is 14.5. The van der Waals surface area contributed by atoms with Crippen molar-refractivity contribution in [3.8, 4) is 5.75 Å². The number of carbonyl (C=O) groups excluding carboxylic acids is 1. The summed E-state index contributed by atoms with van der Waals surface area (Å²) in [6.45, 7) is 10.7. The van der Waals surface area contributed by atoms with Crippen molar-refractivity contribution >= 4 is 11.9 Å². The first-order valence-corrected chi connectivity index (χ1v) is 10.2. The average Bonchev–Trinajstić information content (AvgIpc) is 3.11. The van der Waals surface area contributed by atoms with Gasteiger partial charge in [0.25, 0.3) is 0 Å². The Hall–Kier alpha value is -2.70. The summed E-state index contributed by atoms with van der Waals surface area (Å²) in [5, 5.41) is 1.47. The molecular weight excluding hydrogens is 378 g/mol. The van der Waals surface area contributed by atoms with Crippen LogP contribution in [0.5, 0.6) is 5.75 Å². The van der Waals surface area contributed by atoms with Crippen LogP contribution in [0.25, 0.3) is 5.57 Å². The number of aldehydes is 1. The lowest BCUT2D eigenvalue weighted by Crippen LogP contribution is -2.37. The van der Waals surface area contributed by atoms with E-state index in [1.807, 2.05) is 77.2 Å². The predicted molar refractivity (Wildman–Crippen MR) is 122 cm³/mol. The molecule has 2 unspecified atom stereocenters. The molecule has 0 amide bonds. The van der Waals surface area contributed by atoms with Gasteiger partial charge in [0, 0.05) is 25.6 Å². The maximum absolute atomic E-state index is 11.7. The van der Waals surface area contributed by atoms with E-state index < -0.39 is 6.04 Å². The third-order valence-electron chi connectivity index (χ3n) is 4.78. The molecule has 6 heteroatoms. The van der Waals surface area contributed by atoms with E-state index in [1.165, 1.54) is 5.01 Å². The van der Waals surface area contributed by atoms with Gasteiger partial charge < -0.3 is 19.3 Å². The second-order valence-corrected chi connectivity index (χ2v) is 6.55. The van der Waals surface area contributed by atoms with Crippen molar-refractivity contribution in [1.82, 2.24) is 9.99 Å². The fourth-order valence-corrected chi connectivity index (χ4v) is 3.29. The van der Waals surface area contributed by atoms with E-state index in [0.717, 1.165) is 46.7 Å². The van der Waals surface area contributed by atoms with E-state index in [0.29, 0.717) is 0 Å². The molecule has 30 heavy (non-hydrogen) atoms. The van der Waals surface area contributed by atoms with Gasteiger partial charge in [-0.1, -0.05) is 32.0 Å². The maximum atomic E-state index is 11.7. The number of aryl methyl sites for hydroxylation is 1. The molecule has 3 rings (SSSR count). The van der Waals surface area contributed by atoms with Crippen molar-refractivity contribution in [2.24, 2.45) is 5.84 Å². The highest BCUT2D eigenvalue weighted by atomic mass is 16.5. The highest BCUT2D eigenvalue weighted by Crippen LogP contribution is 2.42. The lowest BCUT2D eigenvalue weighted by Gasteiger charge is -2.23. The molecule has 1 aliphatic heterocycles. The topological polar surface area (TPSA) is 77.7 Å². The van der Waals surface area contributed by atoms with Crippen molar-refractivity contribution in [2.75, 3.05) is 20.8 Å². The van der Waals surface area contributed by atoms with Crippen LogP contribution >= 0.6 is 0 Å².